The molecule has 0 bridgehead atoms. The molecule has 0 spiro atoms. The third-order valence-corrected chi connectivity index (χ3v) is 4.72. The normalized spacial score (nSPS) is 16.3. The molecule has 1 atom stereocenters. The molecule has 2 aromatic rings. The van der Waals surface area contributed by atoms with Gasteiger partial charge in [0.25, 0.3) is 5.91 Å². The zero-order valence-corrected chi connectivity index (χ0v) is 18.8. The van der Waals surface area contributed by atoms with Crippen LogP contribution >= 0.6 is 0 Å². The number of carbonyl (C=O) groups excluding carboxylic acids is 2. The summed E-state index contributed by atoms with van der Waals surface area (Å²) < 4.78 is 71.8. The van der Waals surface area contributed by atoms with Gasteiger partial charge in [-0.2, -0.15) is 13.2 Å². The number of aliphatic carboxylic acids is 1. The molecule has 1 unspecified atom stereocenters. The minimum absolute atomic E-state index is 0.219. The van der Waals surface area contributed by atoms with Crippen molar-refractivity contribution in [3.8, 4) is 0 Å². The lowest BCUT2D eigenvalue weighted by molar-refractivity contribution is -0.192. The smallest absolute Gasteiger partial charge is 0.475 e. The highest BCUT2D eigenvalue weighted by atomic mass is 19.4. The number of halogens is 6. The molecule has 8 N–H and O–H groups in total. The van der Waals surface area contributed by atoms with Gasteiger partial charge < -0.3 is 26.9 Å². The topological polar surface area (TPSA) is 158 Å². The van der Waals surface area contributed by atoms with Gasteiger partial charge in [-0.15, -0.1) is 0 Å². The molecule has 0 aliphatic carbocycles. The molecule has 16 heteroatoms. The summed E-state index contributed by atoms with van der Waals surface area (Å²) in [5.74, 6) is -7.92. The molecule has 0 radical (unpaired) electrons. The third-order valence-electron chi connectivity index (χ3n) is 4.72. The summed E-state index contributed by atoms with van der Waals surface area (Å²) in [4.78, 5) is 32.8. The number of amides is 3. The Morgan fingerprint density at radius 2 is 1.65 bits per heavy atom. The fourth-order valence-corrected chi connectivity index (χ4v) is 2.75. The van der Waals surface area contributed by atoms with E-state index in [1.807, 2.05) is 0 Å². The minimum atomic E-state index is -5.08. The number of primary amides is 1. The Hall–Kier alpha value is -4.31. The van der Waals surface area contributed by atoms with E-state index in [2.05, 4.69) is 26.8 Å². The van der Waals surface area contributed by atoms with Crippen LogP contribution in [0.25, 0.3) is 0 Å². The second kappa shape index (κ2) is 11.6. The van der Waals surface area contributed by atoms with Gasteiger partial charge in [-0.1, -0.05) is 12.1 Å². The lowest BCUT2D eigenvalue weighted by Gasteiger charge is -2.25. The Balaban J connectivity index is 0.000000604. The maximum Gasteiger partial charge on any atom is 0.490 e. The number of alkyl halides is 3. The van der Waals surface area contributed by atoms with Crippen LogP contribution in [0.15, 0.2) is 42.6 Å². The van der Waals surface area contributed by atoms with Crippen molar-refractivity contribution < 1.29 is 45.8 Å². The van der Waals surface area contributed by atoms with Gasteiger partial charge in [-0.05, 0) is 42.3 Å². The Labute approximate surface area is 204 Å². The molecule has 3 rings (SSSR count). The molecule has 0 saturated carbocycles. The number of nitrogens with one attached hydrogen (secondary N) is 5. The van der Waals surface area contributed by atoms with Gasteiger partial charge >= 0.3 is 18.2 Å². The summed E-state index contributed by atoms with van der Waals surface area (Å²) in [5, 5.41) is 14.8. The predicted octanol–water partition coefficient (Wildman–Crippen LogP) is 2.58. The number of hydrogen-bond acceptors (Lipinski definition) is 6. The van der Waals surface area contributed by atoms with E-state index < -0.39 is 52.9 Å². The highest BCUT2D eigenvalue weighted by molar-refractivity contribution is 6.00. The molecular formula is C21H20F6N6O4. The summed E-state index contributed by atoms with van der Waals surface area (Å²) in [6, 6.07) is 5.94. The molecule has 10 nitrogen and oxygen atoms in total. The number of benzene rings is 2. The maximum atomic E-state index is 13.7. The summed E-state index contributed by atoms with van der Waals surface area (Å²) in [5.41, 5.74) is 10.9. The average Bonchev–Trinajstić information content (AvgIpc) is 3.30. The summed E-state index contributed by atoms with van der Waals surface area (Å²) in [6.45, 7) is 1.96. The van der Waals surface area contributed by atoms with Gasteiger partial charge in [-0.25, -0.2) is 28.2 Å². The Morgan fingerprint density at radius 3 is 2.19 bits per heavy atom. The quantitative estimate of drug-likeness (QED) is 0.222. The number of carboxylic acids is 1. The van der Waals surface area contributed by atoms with Gasteiger partial charge in [0.15, 0.2) is 23.1 Å². The van der Waals surface area contributed by atoms with Crippen LogP contribution in [0.3, 0.4) is 0 Å². The number of carbonyl (C=O) groups is 3. The first-order chi connectivity index (χ1) is 17.2. The van der Waals surface area contributed by atoms with Gasteiger partial charge in [0, 0.05) is 18.4 Å². The molecule has 37 heavy (non-hydrogen) atoms. The number of hydrogen-bond donors (Lipinski definition) is 7. The van der Waals surface area contributed by atoms with Crippen LogP contribution in [0.4, 0.5) is 42.5 Å². The van der Waals surface area contributed by atoms with E-state index in [1.54, 1.807) is 25.1 Å². The van der Waals surface area contributed by atoms with Crippen molar-refractivity contribution in [2.75, 3.05) is 10.6 Å². The number of aryl methyl sites for hydroxylation is 1. The lowest BCUT2D eigenvalue weighted by atomic mass is 10.1. The van der Waals surface area contributed by atoms with Gasteiger partial charge in [0.2, 0.25) is 0 Å². The average molecular weight is 534 g/mol. The first kappa shape index (κ1) is 28.9. The Kier molecular flexibility index (Phi) is 9.08. The maximum absolute atomic E-state index is 13.7. The van der Waals surface area contributed by atoms with Crippen molar-refractivity contribution in [2.45, 2.75) is 25.3 Å². The van der Waals surface area contributed by atoms with Crippen molar-refractivity contribution in [1.82, 2.24) is 16.2 Å². The zero-order valence-electron chi connectivity index (χ0n) is 18.8. The fraction of sp³-hybridized carbons (Fsp3) is 0.190. The Morgan fingerprint density at radius 1 is 1.03 bits per heavy atom. The summed E-state index contributed by atoms with van der Waals surface area (Å²) >= 11 is 0. The van der Waals surface area contributed by atoms with Gasteiger partial charge in [0.05, 0.1) is 5.69 Å². The third kappa shape index (κ3) is 7.58. The van der Waals surface area contributed by atoms with Crippen LogP contribution in [-0.4, -0.2) is 34.9 Å². The molecule has 1 heterocycles. The predicted molar refractivity (Wildman–Crippen MR) is 118 cm³/mol. The zero-order chi connectivity index (χ0) is 28.0. The van der Waals surface area contributed by atoms with Gasteiger partial charge in [0.1, 0.15) is 0 Å². The van der Waals surface area contributed by atoms with E-state index in [1.165, 1.54) is 12.3 Å². The van der Waals surface area contributed by atoms with Crippen LogP contribution in [0.5, 0.6) is 0 Å². The number of nitrogens with two attached hydrogens (primary N) is 1. The first-order valence-corrected chi connectivity index (χ1v) is 10.0. The van der Waals surface area contributed by atoms with Crippen molar-refractivity contribution in [3.63, 3.8) is 0 Å². The fourth-order valence-electron chi connectivity index (χ4n) is 2.75. The molecule has 200 valence electrons. The number of carboxylic acid groups (broad SMARTS) is 1. The summed E-state index contributed by atoms with van der Waals surface area (Å²) in [7, 11) is 0. The molecule has 1 aliphatic heterocycles. The molecule has 3 amide bonds. The van der Waals surface area contributed by atoms with Crippen molar-refractivity contribution in [2.24, 2.45) is 5.73 Å². The number of urea groups is 1. The van der Waals surface area contributed by atoms with E-state index in [4.69, 9.17) is 15.6 Å². The molecule has 1 aliphatic rings. The minimum Gasteiger partial charge on any atom is -0.475 e. The van der Waals surface area contributed by atoms with Crippen LogP contribution in [0.1, 0.15) is 11.1 Å². The number of anilines is 2. The van der Waals surface area contributed by atoms with Crippen LogP contribution < -0.4 is 32.5 Å². The molecule has 0 fully saturated rings. The highest BCUT2D eigenvalue weighted by Gasteiger charge is 2.38. The summed E-state index contributed by atoms with van der Waals surface area (Å²) in [6.07, 6.45) is -2.02. The van der Waals surface area contributed by atoms with E-state index in [0.29, 0.717) is 22.9 Å². The van der Waals surface area contributed by atoms with Crippen LogP contribution in [-0.2, 0) is 16.1 Å². The number of hydrazine groups is 1. The SMILES string of the molecule is Cc1ccc(CNC2(C(N)=O)C=CNN2)cc1NC(=O)Nc1ccc(F)c(F)c1F.O=C(O)C(F)(F)F. The van der Waals surface area contributed by atoms with E-state index in [-0.39, 0.29) is 6.54 Å². The van der Waals surface area contributed by atoms with E-state index >= 15 is 0 Å². The van der Waals surface area contributed by atoms with Crippen molar-refractivity contribution in [1.29, 1.82) is 0 Å². The Bertz CT molecular complexity index is 1220. The van der Waals surface area contributed by atoms with Crippen molar-refractivity contribution >= 4 is 29.3 Å². The van der Waals surface area contributed by atoms with Gasteiger partial charge in [-0.3, -0.25) is 10.1 Å². The molecule has 0 aromatic heterocycles. The second-order valence-electron chi connectivity index (χ2n) is 7.38. The first-order valence-electron chi connectivity index (χ1n) is 10.0. The molecular weight excluding hydrogens is 514 g/mol. The van der Waals surface area contributed by atoms with Crippen molar-refractivity contribution in [3.05, 3.63) is 71.2 Å². The largest absolute Gasteiger partial charge is 0.490 e. The highest BCUT2D eigenvalue weighted by Crippen LogP contribution is 2.21. The monoisotopic (exact) mass is 534 g/mol. The standard InChI is InChI=1S/C19H19F3N6O2.C2HF3O2/c1-10-2-3-11(9-24-19(17(23)29)6-7-25-28-19)8-14(10)27-18(30)26-13-5-4-12(20)15(21)16(13)22;3-2(4,5)1(6)7/h2-8,24-25,28H,9H2,1H3,(H2,23,29)(H2,26,27,30);(H,6,7). The van der Waals surface area contributed by atoms with Crippen LogP contribution in [0.2, 0.25) is 0 Å². The van der Waals surface area contributed by atoms with Crippen LogP contribution in [0, 0.1) is 24.4 Å². The number of rotatable bonds is 6. The molecule has 0 saturated heterocycles. The molecule has 2 aromatic carbocycles. The lowest BCUT2D eigenvalue weighted by Crippen LogP contribution is -2.63. The van der Waals surface area contributed by atoms with E-state index in [0.717, 1.165) is 6.07 Å². The second-order valence-corrected chi connectivity index (χ2v) is 7.38. The van der Waals surface area contributed by atoms with E-state index in [9.17, 15) is 35.9 Å².